The number of nitrogens with zero attached hydrogens (tertiary/aromatic N) is 4. The second kappa shape index (κ2) is 10.3. The highest BCUT2D eigenvalue weighted by molar-refractivity contribution is 6.31. The van der Waals surface area contributed by atoms with Crippen LogP contribution in [0.1, 0.15) is 11.1 Å². The summed E-state index contributed by atoms with van der Waals surface area (Å²) in [6.45, 7) is -0.934. The number of carboxylic acids is 1. The smallest absolute Gasteiger partial charge is 0.416 e. The SMILES string of the molecule is O=C(O)COc1c(C=Nn2c(-c3cccc(C(F)(F)F)c3)nc3ccccc3c2=O)cc(Cl)cc1[N+](=O)[O-]. The van der Waals surface area contributed by atoms with Gasteiger partial charge in [0.2, 0.25) is 5.75 Å². The molecule has 1 aromatic heterocycles. The Labute approximate surface area is 215 Å². The van der Waals surface area contributed by atoms with Crippen molar-refractivity contribution in [3.63, 3.8) is 0 Å². The number of aromatic nitrogens is 2. The summed E-state index contributed by atoms with van der Waals surface area (Å²) in [5.74, 6) is -2.16. The number of aliphatic carboxylic acids is 1. The quantitative estimate of drug-likeness (QED) is 0.196. The van der Waals surface area contributed by atoms with Gasteiger partial charge in [0.1, 0.15) is 0 Å². The van der Waals surface area contributed by atoms with Gasteiger partial charge in [-0.3, -0.25) is 14.9 Å². The molecule has 0 aliphatic carbocycles. The lowest BCUT2D eigenvalue weighted by atomic mass is 10.1. The molecule has 14 heteroatoms. The first-order valence-corrected chi connectivity index (χ1v) is 10.9. The number of para-hydroxylation sites is 1. The number of nitro groups is 1. The molecule has 0 fully saturated rings. The maximum atomic E-state index is 13.4. The zero-order chi connectivity index (χ0) is 27.6. The third-order valence-corrected chi connectivity index (χ3v) is 5.33. The number of hydrogen-bond donors (Lipinski definition) is 1. The van der Waals surface area contributed by atoms with Crippen molar-refractivity contribution in [3.05, 3.63) is 97.3 Å². The van der Waals surface area contributed by atoms with Crippen LogP contribution in [-0.4, -0.2) is 38.5 Å². The van der Waals surface area contributed by atoms with E-state index in [0.29, 0.717) is 0 Å². The van der Waals surface area contributed by atoms with Gasteiger partial charge in [-0.2, -0.15) is 22.9 Å². The zero-order valence-electron chi connectivity index (χ0n) is 18.8. The van der Waals surface area contributed by atoms with E-state index in [0.717, 1.165) is 35.2 Å². The van der Waals surface area contributed by atoms with Crippen LogP contribution in [0.3, 0.4) is 0 Å². The molecule has 0 atom stereocenters. The summed E-state index contributed by atoms with van der Waals surface area (Å²) in [5.41, 5.74) is -2.45. The average Bonchev–Trinajstić information content (AvgIpc) is 2.86. The van der Waals surface area contributed by atoms with E-state index in [2.05, 4.69) is 10.1 Å². The molecule has 0 aliphatic heterocycles. The van der Waals surface area contributed by atoms with Crippen LogP contribution < -0.4 is 10.3 Å². The van der Waals surface area contributed by atoms with E-state index in [-0.39, 0.29) is 32.9 Å². The maximum absolute atomic E-state index is 13.4. The molecule has 0 radical (unpaired) electrons. The summed E-state index contributed by atoms with van der Waals surface area (Å²) in [4.78, 5) is 39.3. The second-order valence-corrected chi connectivity index (χ2v) is 8.11. The monoisotopic (exact) mass is 546 g/mol. The molecule has 4 aromatic rings. The minimum absolute atomic E-state index is 0.0840. The van der Waals surface area contributed by atoms with Crippen molar-refractivity contribution >= 4 is 40.4 Å². The van der Waals surface area contributed by atoms with Crippen LogP contribution in [0.25, 0.3) is 22.3 Å². The van der Waals surface area contributed by atoms with Crippen molar-refractivity contribution in [2.24, 2.45) is 5.10 Å². The molecule has 1 heterocycles. The molecule has 0 saturated heterocycles. The molecule has 0 aliphatic rings. The molecule has 194 valence electrons. The molecule has 10 nitrogen and oxygen atoms in total. The van der Waals surface area contributed by atoms with Gasteiger partial charge in [0.15, 0.2) is 12.4 Å². The molecule has 0 saturated carbocycles. The topological polar surface area (TPSA) is 137 Å². The van der Waals surface area contributed by atoms with Crippen LogP contribution in [0.5, 0.6) is 5.75 Å². The number of rotatable bonds is 7. The highest BCUT2D eigenvalue weighted by Gasteiger charge is 2.31. The molecule has 0 spiro atoms. The molecule has 0 unspecified atom stereocenters. The van der Waals surface area contributed by atoms with Gasteiger partial charge < -0.3 is 9.84 Å². The minimum Gasteiger partial charge on any atom is -0.479 e. The number of hydrogen-bond acceptors (Lipinski definition) is 7. The molecule has 38 heavy (non-hydrogen) atoms. The number of halogens is 4. The lowest BCUT2D eigenvalue weighted by Gasteiger charge is -2.12. The Bertz CT molecular complexity index is 1670. The number of carbonyl (C=O) groups is 1. The van der Waals surface area contributed by atoms with Crippen LogP contribution in [0, 0.1) is 10.1 Å². The lowest BCUT2D eigenvalue weighted by Crippen LogP contribution is -2.20. The number of ether oxygens (including phenoxy) is 1. The minimum atomic E-state index is -4.67. The van der Waals surface area contributed by atoms with Gasteiger partial charge in [-0.15, -0.1) is 0 Å². The average molecular weight is 547 g/mol. The Morgan fingerprint density at radius 2 is 1.92 bits per heavy atom. The van der Waals surface area contributed by atoms with Gasteiger partial charge >= 0.3 is 17.8 Å². The molecular formula is C24H14ClF3N4O6. The van der Waals surface area contributed by atoms with E-state index in [1.165, 1.54) is 24.3 Å². The molecule has 0 amide bonds. The number of alkyl halides is 3. The Morgan fingerprint density at radius 3 is 2.61 bits per heavy atom. The standard InChI is InChI=1S/C24H14ClF3N4O6/c25-16-9-14(21(38-12-20(33)34)19(10-16)32(36)37)11-29-31-22(13-4-3-5-15(8-13)24(26,27)28)30-18-7-2-1-6-17(18)23(31)35/h1-11H,12H2,(H,33,34). The molecule has 0 bridgehead atoms. The van der Waals surface area contributed by atoms with Crippen molar-refractivity contribution in [2.45, 2.75) is 6.18 Å². The van der Waals surface area contributed by atoms with E-state index < -0.39 is 46.2 Å². The van der Waals surface area contributed by atoms with Crippen LogP contribution in [0.4, 0.5) is 18.9 Å². The van der Waals surface area contributed by atoms with Crippen molar-refractivity contribution in [3.8, 4) is 17.1 Å². The number of carboxylic acid groups (broad SMARTS) is 1. The Morgan fingerprint density at radius 1 is 1.18 bits per heavy atom. The first kappa shape index (κ1) is 26.3. The molecule has 1 N–H and O–H groups in total. The Kier molecular flexibility index (Phi) is 7.12. The van der Waals surface area contributed by atoms with Crippen molar-refractivity contribution in [2.75, 3.05) is 6.61 Å². The predicted molar refractivity (Wildman–Crippen MR) is 131 cm³/mol. The largest absolute Gasteiger partial charge is 0.479 e. The van der Waals surface area contributed by atoms with Crippen molar-refractivity contribution < 1.29 is 32.7 Å². The number of fused-ring (bicyclic) bond motifs is 1. The normalized spacial score (nSPS) is 11.7. The van der Waals surface area contributed by atoms with E-state index >= 15 is 0 Å². The predicted octanol–water partition coefficient (Wildman–Crippen LogP) is 4.99. The summed E-state index contributed by atoms with van der Waals surface area (Å²) >= 11 is 5.98. The summed E-state index contributed by atoms with van der Waals surface area (Å²) in [7, 11) is 0. The third-order valence-electron chi connectivity index (χ3n) is 5.11. The fourth-order valence-electron chi connectivity index (χ4n) is 3.49. The maximum Gasteiger partial charge on any atom is 0.416 e. The first-order chi connectivity index (χ1) is 18.0. The number of benzene rings is 3. The van der Waals surface area contributed by atoms with Crippen molar-refractivity contribution in [1.82, 2.24) is 9.66 Å². The van der Waals surface area contributed by atoms with Gasteiger partial charge in [0.05, 0.1) is 27.6 Å². The van der Waals surface area contributed by atoms with Gasteiger partial charge in [-0.1, -0.05) is 35.9 Å². The summed E-state index contributed by atoms with van der Waals surface area (Å²) in [6, 6.07) is 12.3. The van der Waals surface area contributed by atoms with Crippen LogP contribution >= 0.6 is 11.6 Å². The second-order valence-electron chi connectivity index (χ2n) is 7.68. The van der Waals surface area contributed by atoms with Gasteiger partial charge in [0, 0.05) is 22.2 Å². The van der Waals surface area contributed by atoms with E-state index in [4.69, 9.17) is 21.4 Å². The van der Waals surface area contributed by atoms with E-state index in [1.807, 2.05) is 0 Å². The van der Waals surface area contributed by atoms with Gasteiger partial charge in [-0.25, -0.2) is 9.78 Å². The third kappa shape index (κ3) is 5.47. The van der Waals surface area contributed by atoms with Gasteiger partial charge in [0.25, 0.3) is 5.56 Å². The van der Waals surface area contributed by atoms with E-state index in [9.17, 15) is 32.9 Å². The molecule has 4 rings (SSSR count). The van der Waals surface area contributed by atoms with Crippen LogP contribution in [0.2, 0.25) is 5.02 Å². The van der Waals surface area contributed by atoms with Crippen LogP contribution in [-0.2, 0) is 11.0 Å². The summed E-state index contributed by atoms with van der Waals surface area (Å²) in [5, 5.41) is 24.5. The Balaban J connectivity index is 1.95. The summed E-state index contributed by atoms with van der Waals surface area (Å²) < 4.78 is 45.9. The van der Waals surface area contributed by atoms with Crippen molar-refractivity contribution in [1.29, 1.82) is 0 Å². The zero-order valence-corrected chi connectivity index (χ0v) is 19.6. The molecular weight excluding hydrogens is 533 g/mol. The van der Waals surface area contributed by atoms with E-state index in [1.54, 1.807) is 12.1 Å². The summed E-state index contributed by atoms with van der Waals surface area (Å²) in [6.07, 6.45) is -3.73. The van der Waals surface area contributed by atoms with Gasteiger partial charge in [-0.05, 0) is 30.3 Å². The fraction of sp³-hybridized carbons (Fsp3) is 0.0833. The van der Waals surface area contributed by atoms with Crippen LogP contribution in [0.15, 0.2) is 70.6 Å². The first-order valence-electron chi connectivity index (χ1n) is 10.5. The number of nitro benzene ring substituents is 1. The Hall–Kier alpha value is -4.78. The highest BCUT2D eigenvalue weighted by Crippen LogP contribution is 2.34. The lowest BCUT2D eigenvalue weighted by molar-refractivity contribution is -0.385. The highest BCUT2D eigenvalue weighted by atomic mass is 35.5. The molecule has 3 aromatic carbocycles. The fourth-order valence-corrected chi connectivity index (χ4v) is 3.72.